The number of rotatable bonds is 9. The minimum Gasteiger partial charge on any atom is -0.391 e. The monoisotopic (exact) mass is 515 g/mol. The lowest BCUT2D eigenvalue weighted by atomic mass is 9.85. The Hall–Kier alpha value is -2.82. The molecule has 3 rings (SSSR count). The van der Waals surface area contributed by atoms with Crippen molar-refractivity contribution in [1.82, 2.24) is 20.5 Å². The van der Waals surface area contributed by atoms with Crippen molar-refractivity contribution in [2.24, 2.45) is 11.1 Å². The maximum atomic E-state index is 13.5. The lowest BCUT2D eigenvalue weighted by Gasteiger charge is -2.35. The Morgan fingerprint density at radius 2 is 1.94 bits per heavy atom. The maximum absolute atomic E-state index is 13.5. The predicted molar refractivity (Wildman–Crippen MR) is 140 cm³/mol. The highest BCUT2D eigenvalue weighted by molar-refractivity contribution is 7.13. The molecule has 2 heterocycles. The number of benzene rings is 1. The Kier molecular flexibility index (Phi) is 9.21. The molecule has 1 aromatic carbocycles. The molecule has 196 valence electrons. The molecule has 9 nitrogen and oxygen atoms in total. The smallest absolute Gasteiger partial charge is 0.246 e. The van der Waals surface area contributed by atoms with Crippen molar-refractivity contribution in [3.63, 3.8) is 0 Å². The van der Waals surface area contributed by atoms with E-state index in [1.807, 2.05) is 57.5 Å². The van der Waals surface area contributed by atoms with Crippen LogP contribution in [0, 0.1) is 12.3 Å². The number of amides is 3. The fourth-order valence-electron chi connectivity index (χ4n) is 4.28. The highest BCUT2D eigenvalue weighted by Crippen LogP contribution is 2.28. The quantitative estimate of drug-likeness (QED) is 0.403. The van der Waals surface area contributed by atoms with Crippen LogP contribution in [0.25, 0.3) is 10.4 Å². The average molecular weight is 516 g/mol. The van der Waals surface area contributed by atoms with E-state index in [1.54, 1.807) is 11.3 Å². The maximum Gasteiger partial charge on any atom is 0.246 e. The third kappa shape index (κ3) is 6.89. The minimum atomic E-state index is -0.828. The van der Waals surface area contributed by atoms with Crippen LogP contribution in [0.4, 0.5) is 0 Å². The third-order valence-electron chi connectivity index (χ3n) is 6.32. The SMILES string of the molecule is Cc1ncsc1-c1ccc(CNC(=O)C2CC(O)CN2C(=O)C(NC(=O)CCCN)C(C)(C)C)cc1. The molecule has 3 amide bonds. The Bertz CT molecular complexity index is 1060. The molecule has 1 aliphatic heterocycles. The van der Waals surface area contributed by atoms with Gasteiger partial charge in [-0.15, -0.1) is 11.3 Å². The van der Waals surface area contributed by atoms with Crippen molar-refractivity contribution in [2.75, 3.05) is 13.1 Å². The molecule has 36 heavy (non-hydrogen) atoms. The fraction of sp³-hybridized carbons (Fsp3) is 0.538. The second-order valence-electron chi connectivity index (χ2n) is 10.3. The molecule has 3 unspecified atom stereocenters. The number of nitrogens with zero attached hydrogens (tertiary/aromatic N) is 2. The van der Waals surface area contributed by atoms with Gasteiger partial charge in [-0.05, 0) is 36.4 Å². The van der Waals surface area contributed by atoms with E-state index in [1.165, 1.54) is 4.90 Å². The highest BCUT2D eigenvalue weighted by atomic mass is 32.1. The molecule has 2 aromatic rings. The van der Waals surface area contributed by atoms with Gasteiger partial charge in [-0.1, -0.05) is 45.0 Å². The molecule has 3 atom stereocenters. The van der Waals surface area contributed by atoms with Gasteiger partial charge in [-0.3, -0.25) is 14.4 Å². The van der Waals surface area contributed by atoms with Crippen molar-refractivity contribution < 1.29 is 19.5 Å². The van der Waals surface area contributed by atoms with Crippen molar-refractivity contribution in [1.29, 1.82) is 0 Å². The Morgan fingerprint density at radius 1 is 1.25 bits per heavy atom. The zero-order valence-electron chi connectivity index (χ0n) is 21.4. The molecule has 5 N–H and O–H groups in total. The summed E-state index contributed by atoms with van der Waals surface area (Å²) >= 11 is 1.58. The van der Waals surface area contributed by atoms with Crippen LogP contribution >= 0.6 is 11.3 Å². The van der Waals surface area contributed by atoms with E-state index in [0.29, 0.717) is 19.5 Å². The normalized spacial score (nSPS) is 18.7. The first-order chi connectivity index (χ1) is 17.0. The number of thiazole rings is 1. The summed E-state index contributed by atoms with van der Waals surface area (Å²) in [5.74, 6) is -0.958. The number of aromatic nitrogens is 1. The van der Waals surface area contributed by atoms with Crippen molar-refractivity contribution >= 4 is 29.1 Å². The first-order valence-corrected chi connectivity index (χ1v) is 13.1. The molecule has 0 bridgehead atoms. The molecule has 0 saturated carbocycles. The second-order valence-corrected chi connectivity index (χ2v) is 11.2. The molecular formula is C26H37N5O4S. The lowest BCUT2D eigenvalue weighted by Crippen LogP contribution is -2.57. The molecule has 1 aromatic heterocycles. The number of nitrogens with one attached hydrogen (secondary N) is 2. The third-order valence-corrected chi connectivity index (χ3v) is 7.30. The van der Waals surface area contributed by atoms with Gasteiger partial charge in [0, 0.05) is 25.9 Å². The summed E-state index contributed by atoms with van der Waals surface area (Å²) in [4.78, 5) is 45.8. The Morgan fingerprint density at radius 3 is 2.53 bits per heavy atom. The number of aryl methyl sites for hydroxylation is 1. The van der Waals surface area contributed by atoms with E-state index >= 15 is 0 Å². The lowest BCUT2D eigenvalue weighted by molar-refractivity contribution is -0.144. The number of aliphatic hydroxyl groups is 1. The van der Waals surface area contributed by atoms with Gasteiger partial charge in [-0.2, -0.15) is 0 Å². The van der Waals surface area contributed by atoms with Crippen LogP contribution in [0.2, 0.25) is 0 Å². The van der Waals surface area contributed by atoms with E-state index in [-0.39, 0.29) is 37.1 Å². The topological polar surface area (TPSA) is 138 Å². The molecule has 10 heteroatoms. The van der Waals surface area contributed by atoms with E-state index < -0.39 is 23.6 Å². The average Bonchev–Trinajstić information content (AvgIpc) is 3.44. The van der Waals surface area contributed by atoms with Gasteiger partial charge in [0.25, 0.3) is 0 Å². The van der Waals surface area contributed by atoms with Gasteiger partial charge in [0.15, 0.2) is 0 Å². The van der Waals surface area contributed by atoms with Crippen molar-refractivity contribution in [3.8, 4) is 10.4 Å². The fourth-order valence-corrected chi connectivity index (χ4v) is 5.09. The van der Waals surface area contributed by atoms with Gasteiger partial charge in [0.05, 0.1) is 22.2 Å². The summed E-state index contributed by atoms with van der Waals surface area (Å²) in [5.41, 5.74) is 9.71. The van der Waals surface area contributed by atoms with Crippen LogP contribution in [-0.2, 0) is 20.9 Å². The summed E-state index contributed by atoms with van der Waals surface area (Å²) in [6.45, 7) is 8.28. The van der Waals surface area contributed by atoms with Gasteiger partial charge in [0.2, 0.25) is 17.7 Å². The van der Waals surface area contributed by atoms with Gasteiger partial charge in [-0.25, -0.2) is 4.98 Å². The Labute approximate surface area is 216 Å². The largest absolute Gasteiger partial charge is 0.391 e. The van der Waals surface area contributed by atoms with Crippen molar-refractivity contribution in [2.45, 2.75) is 71.7 Å². The zero-order chi connectivity index (χ0) is 26.5. The molecule has 1 aliphatic rings. The van der Waals surface area contributed by atoms with Crippen LogP contribution in [0.15, 0.2) is 29.8 Å². The zero-order valence-corrected chi connectivity index (χ0v) is 22.2. The standard InChI is InChI=1S/C26H37N5O4S/c1-16-22(36-15-29-16)18-9-7-17(8-10-18)13-28-24(34)20-12-19(32)14-31(20)25(35)23(26(2,3)4)30-21(33)6-5-11-27/h7-10,15,19-20,23,32H,5-6,11-14,27H2,1-4H3,(H,28,34)(H,30,33). The highest BCUT2D eigenvalue weighted by Gasteiger charge is 2.44. The summed E-state index contributed by atoms with van der Waals surface area (Å²) in [5, 5.41) is 16.0. The van der Waals surface area contributed by atoms with Crippen LogP contribution in [-0.4, -0.2) is 64.0 Å². The van der Waals surface area contributed by atoms with Crippen LogP contribution in [0.1, 0.15) is 51.3 Å². The van der Waals surface area contributed by atoms with Gasteiger partial charge < -0.3 is 26.4 Å². The molecule has 0 spiro atoms. The number of hydrogen-bond donors (Lipinski definition) is 4. The molecule has 0 aliphatic carbocycles. The summed E-state index contributed by atoms with van der Waals surface area (Å²) in [6, 6.07) is 6.27. The first-order valence-electron chi connectivity index (χ1n) is 12.3. The Balaban J connectivity index is 1.66. The number of hydrogen-bond acceptors (Lipinski definition) is 7. The van der Waals surface area contributed by atoms with Gasteiger partial charge in [0.1, 0.15) is 12.1 Å². The van der Waals surface area contributed by atoms with Crippen LogP contribution < -0.4 is 16.4 Å². The van der Waals surface area contributed by atoms with Crippen LogP contribution in [0.3, 0.4) is 0 Å². The predicted octanol–water partition coefficient (Wildman–Crippen LogP) is 1.97. The van der Waals surface area contributed by atoms with E-state index in [0.717, 1.165) is 21.7 Å². The first kappa shape index (κ1) is 27.8. The molecular weight excluding hydrogens is 478 g/mol. The van der Waals surface area contributed by atoms with Gasteiger partial charge >= 0.3 is 0 Å². The summed E-state index contributed by atoms with van der Waals surface area (Å²) in [7, 11) is 0. The second kappa shape index (κ2) is 11.9. The van der Waals surface area contributed by atoms with E-state index in [4.69, 9.17) is 5.73 Å². The number of carbonyl (C=O) groups excluding carboxylic acids is 3. The number of aliphatic hydroxyl groups excluding tert-OH is 1. The summed E-state index contributed by atoms with van der Waals surface area (Å²) in [6.07, 6.45) is 0.0960. The number of likely N-dealkylation sites (tertiary alicyclic amines) is 1. The van der Waals surface area contributed by atoms with E-state index in [2.05, 4.69) is 15.6 Å². The summed E-state index contributed by atoms with van der Waals surface area (Å²) < 4.78 is 0. The number of nitrogens with two attached hydrogens (primary N) is 1. The molecule has 1 fully saturated rings. The number of carbonyl (C=O) groups is 3. The van der Waals surface area contributed by atoms with Crippen molar-refractivity contribution in [3.05, 3.63) is 41.0 Å². The minimum absolute atomic E-state index is 0.0467. The molecule has 0 radical (unpaired) electrons. The van der Waals surface area contributed by atoms with Crippen LogP contribution in [0.5, 0.6) is 0 Å². The number of β-amino-alcohol motifs (C(OH)–C–C–N with tert-alkyl or cyclic N) is 1. The van der Waals surface area contributed by atoms with E-state index in [9.17, 15) is 19.5 Å². The molecule has 1 saturated heterocycles.